The largest absolute Gasteiger partial charge is 0.507 e. The zero-order valence-electron chi connectivity index (χ0n) is 13.4. The molecule has 0 bridgehead atoms. The van der Waals surface area contributed by atoms with Gasteiger partial charge in [0.2, 0.25) is 0 Å². The molecule has 1 aromatic heterocycles. The third kappa shape index (κ3) is 3.02. The summed E-state index contributed by atoms with van der Waals surface area (Å²) < 4.78 is 5.50. The SMILES string of the molecule is C/C=C/c1c(O)ccc2c(CCC3CCN(C)CC3)noc12. The summed E-state index contributed by atoms with van der Waals surface area (Å²) in [6, 6.07) is 3.64. The Morgan fingerprint density at radius 3 is 2.86 bits per heavy atom. The van der Waals surface area contributed by atoms with E-state index in [1.165, 1.54) is 25.9 Å². The number of aromatic nitrogens is 1. The van der Waals surface area contributed by atoms with E-state index in [4.69, 9.17) is 4.52 Å². The monoisotopic (exact) mass is 300 g/mol. The number of rotatable bonds is 4. The molecule has 0 aliphatic carbocycles. The summed E-state index contributed by atoms with van der Waals surface area (Å²) in [6.45, 7) is 4.32. The molecule has 22 heavy (non-hydrogen) atoms. The molecule has 1 aliphatic rings. The summed E-state index contributed by atoms with van der Waals surface area (Å²) in [5, 5.41) is 15.2. The molecule has 0 unspecified atom stereocenters. The number of phenols is 1. The van der Waals surface area contributed by atoms with Crippen LogP contribution in [0.25, 0.3) is 17.0 Å². The highest BCUT2D eigenvalue weighted by Gasteiger charge is 2.19. The molecule has 1 saturated heterocycles. The minimum Gasteiger partial charge on any atom is -0.507 e. The van der Waals surface area contributed by atoms with Crippen molar-refractivity contribution in [1.82, 2.24) is 10.1 Å². The molecule has 4 nitrogen and oxygen atoms in total. The third-order valence-corrected chi connectivity index (χ3v) is 4.69. The number of nitrogens with zero attached hydrogens (tertiary/aromatic N) is 2. The molecule has 1 aromatic carbocycles. The Hall–Kier alpha value is -1.81. The van der Waals surface area contributed by atoms with Gasteiger partial charge in [0, 0.05) is 5.39 Å². The lowest BCUT2D eigenvalue weighted by Gasteiger charge is -2.28. The molecule has 0 saturated carbocycles. The van der Waals surface area contributed by atoms with Crippen molar-refractivity contribution in [3.05, 3.63) is 29.5 Å². The van der Waals surface area contributed by atoms with Gasteiger partial charge in [0.25, 0.3) is 0 Å². The van der Waals surface area contributed by atoms with E-state index in [2.05, 4.69) is 17.1 Å². The quantitative estimate of drug-likeness (QED) is 0.932. The number of phenolic OH excluding ortho intramolecular Hbond substituents is 1. The predicted octanol–water partition coefficient (Wildman–Crippen LogP) is 3.84. The molecular formula is C18H24N2O2. The van der Waals surface area contributed by atoms with Crippen molar-refractivity contribution in [2.75, 3.05) is 20.1 Å². The molecule has 1 fully saturated rings. The van der Waals surface area contributed by atoms with Crippen molar-refractivity contribution in [2.24, 2.45) is 5.92 Å². The average Bonchev–Trinajstić information content (AvgIpc) is 2.93. The van der Waals surface area contributed by atoms with E-state index in [1.54, 1.807) is 6.07 Å². The molecule has 1 aliphatic heterocycles. The molecule has 0 atom stereocenters. The number of hydrogen-bond donors (Lipinski definition) is 1. The molecule has 2 heterocycles. The summed E-state index contributed by atoms with van der Waals surface area (Å²) in [5.74, 6) is 1.03. The molecular weight excluding hydrogens is 276 g/mol. The van der Waals surface area contributed by atoms with E-state index in [0.717, 1.165) is 35.4 Å². The van der Waals surface area contributed by atoms with Crippen molar-refractivity contribution in [3.8, 4) is 5.75 Å². The smallest absolute Gasteiger partial charge is 0.178 e. The van der Waals surface area contributed by atoms with Gasteiger partial charge in [0.1, 0.15) is 5.75 Å². The zero-order valence-corrected chi connectivity index (χ0v) is 13.4. The van der Waals surface area contributed by atoms with E-state index in [-0.39, 0.29) is 5.75 Å². The molecule has 118 valence electrons. The second kappa shape index (κ2) is 6.53. The number of benzene rings is 1. The minimum absolute atomic E-state index is 0.239. The maximum absolute atomic E-state index is 9.96. The normalized spacial score (nSPS) is 17.7. The van der Waals surface area contributed by atoms with Crippen LogP contribution in [0.2, 0.25) is 0 Å². The van der Waals surface area contributed by atoms with Crippen LogP contribution in [0.1, 0.15) is 37.4 Å². The Morgan fingerprint density at radius 1 is 1.36 bits per heavy atom. The average molecular weight is 300 g/mol. The lowest BCUT2D eigenvalue weighted by molar-refractivity contribution is 0.212. The highest BCUT2D eigenvalue weighted by molar-refractivity contribution is 5.89. The predicted molar refractivity (Wildman–Crippen MR) is 88.9 cm³/mol. The van der Waals surface area contributed by atoms with Gasteiger partial charge in [-0.1, -0.05) is 17.3 Å². The fourth-order valence-corrected chi connectivity index (χ4v) is 3.26. The van der Waals surface area contributed by atoms with Gasteiger partial charge in [-0.25, -0.2) is 0 Å². The Bertz CT molecular complexity index is 667. The number of piperidine rings is 1. The first-order valence-corrected chi connectivity index (χ1v) is 8.10. The lowest BCUT2D eigenvalue weighted by atomic mass is 9.91. The van der Waals surface area contributed by atoms with Crippen LogP contribution in [0.15, 0.2) is 22.7 Å². The number of fused-ring (bicyclic) bond motifs is 1. The van der Waals surface area contributed by atoms with Gasteiger partial charge in [0.05, 0.1) is 11.3 Å². The summed E-state index contributed by atoms with van der Waals surface area (Å²) in [4.78, 5) is 2.40. The van der Waals surface area contributed by atoms with Crippen LogP contribution in [0.3, 0.4) is 0 Å². The maximum atomic E-state index is 9.96. The first kappa shape index (κ1) is 15.1. The third-order valence-electron chi connectivity index (χ3n) is 4.69. The Morgan fingerprint density at radius 2 is 2.14 bits per heavy atom. The number of aromatic hydroxyl groups is 1. The van der Waals surface area contributed by atoms with Gasteiger partial charge in [0.15, 0.2) is 5.58 Å². The Balaban J connectivity index is 1.76. The van der Waals surface area contributed by atoms with Crippen molar-refractivity contribution in [3.63, 3.8) is 0 Å². The van der Waals surface area contributed by atoms with Crippen LogP contribution in [0, 0.1) is 5.92 Å². The van der Waals surface area contributed by atoms with E-state index in [0.29, 0.717) is 5.58 Å². The van der Waals surface area contributed by atoms with Crippen LogP contribution in [0.4, 0.5) is 0 Å². The molecule has 2 aromatic rings. The first-order valence-electron chi connectivity index (χ1n) is 8.10. The van der Waals surface area contributed by atoms with E-state index in [1.807, 2.05) is 25.1 Å². The molecule has 3 rings (SSSR count). The first-order chi connectivity index (χ1) is 10.7. The minimum atomic E-state index is 0.239. The van der Waals surface area contributed by atoms with E-state index >= 15 is 0 Å². The Kier molecular flexibility index (Phi) is 4.48. The summed E-state index contributed by atoms with van der Waals surface area (Å²) >= 11 is 0. The zero-order chi connectivity index (χ0) is 15.5. The molecule has 0 amide bonds. The fourth-order valence-electron chi connectivity index (χ4n) is 3.26. The summed E-state index contributed by atoms with van der Waals surface area (Å²) in [7, 11) is 2.19. The summed E-state index contributed by atoms with van der Waals surface area (Å²) in [5.41, 5.74) is 2.43. The standard InChI is InChI=1S/C18H24N2O2/c1-3-4-15-17(21)8-6-14-16(19-22-18(14)15)7-5-13-9-11-20(2)12-10-13/h3-4,6,8,13,21H,5,7,9-12H2,1-2H3/b4-3+. The topological polar surface area (TPSA) is 49.5 Å². The maximum Gasteiger partial charge on any atom is 0.178 e. The van der Waals surface area contributed by atoms with Crippen molar-refractivity contribution >= 4 is 17.0 Å². The van der Waals surface area contributed by atoms with E-state index < -0.39 is 0 Å². The molecule has 0 spiro atoms. The van der Waals surface area contributed by atoms with Gasteiger partial charge >= 0.3 is 0 Å². The molecule has 4 heteroatoms. The van der Waals surface area contributed by atoms with Crippen LogP contribution in [-0.2, 0) is 6.42 Å². The lowest BCUT2D eigenvalue weighted by Crippen LogP contribution is -2.30. The fraction of sp³-hybridized carbons (Fsp3) is 0.500. The number of aryl methyl sites for hydroxylation is 1. The number of allylic oxidation sites excluding steroid dienone is 1. The van der Waals surface area contributed by atoms with Crippen LogP contribution < -0.4 is 0 Å². The van der Waals surface area contributed by atoms with E-state index in [9.17, 15) is 5.11 Å². The van der Waals surface area contributed by atoms with Gasteiger partial charge in [-0.3, -0.25) is 0 Å². The van der Waals surface area contributed by atoms with Crippen LogP contribution in [-0.4, -0.2) is 35.3 Å². The van der Waals surface area contributed by atoms with Crippen LogP contribution in [0.5, 0.6) is 5.75 Å². The van der Waals surface area contributed by atoms with Crippen molar-refractivity contribution < 1.29 is 9.63 Å². The highest BCUT2D eigenvalue weighted by atomic mass is 16.5. The second-order valence-electron chi connectivity index (χ2n) is 6.29. The second-order valence-corrected chi connectivity index (χ2v) is 6.29. The van der Waals surface area contributed by atoms with Crippen molar-refractivity contribution in [1.29, 1.82) is 0 Å². The van der Waals surface area contributed by atoms with Gasteiger partial charge in [-0.2, -0.15) is 0 Å². The highest BCUT2D eigenvalue weighted by Crippen LogP contribution is 2.31. The number of likely N-dealkylation sites (tertiary alicyclic amines) is 1. The van der Waals surface area contributed by atoms with Crippen molar-refractivity contribution in [2.45, 2.75) is 32.6 Å². The van der Waals surface area contributed by atoms with Gasteiger partial charge in [-0.05, 0) is 70.8 Å². The van der Waals surface area contributed by atoms with Gasteiger partial charge < -0.3 is 14.5 Å². The van der Waals surface area contributed by atoms with Crippen LogP contribution >= 0.6 is 0 Å². The summed E-state index contributed by atoms with van der Waals surface area (Å²) in [6.07, 6.45) is 8.42. The Labute approximate surface area is 131 Å². The molecule has 0 radical (unpaired) electrons. The molecule has 1 N–H and O–H groups in total. The van der Waals surface area contributed by atoms with Gasteiger partial charge in [-0.15, -0.1) is 0 Å². The number of hydrogen-bond acceptors (Lipinski definition) is 4.